The number of anilines is 1. The molecule has 0 aromatic heterocycles. The Morgan fingerprint density at radius 3 is 2.47 bits per heavy atom. The van der Waals surface area contributed by atoms with Crippen LogP contribution in [0.25, 0.3) is 0 Å². The molecule has 19 heavy (non-hydrogen) atoms. The lowest BCUT2D eigenvalue weighted by Crippen LogP contribution is -2.24. The second-order valence-electron chi connectivity index (χ2n) is 4.86. The first-order chi connectivity index (χ1) is 9.06. The first kappa shape index (κ1) is 13.9. The number of halogens is 1. The number of amides is 1. The summed E-state index contributed by atoms with van der Waals surface area (Å²) in [7, 11) is 0. The van der Waals surface area contributed by atoms with Gasteiger partial charge in [-0.1, -0.05) is 30.9 Å². The Balaban J connectivity index is 2.09. The maximum atomic E-state index is 12.1. The molecular formula is C14H16ClNO3. The normalized spacial score (nSPS) is 16.1. The minimum Gasteiger partial charge on any atom is -0.478 e. The van der Waals surface area contributed by atoms with Crippen molar-refractivity contribution in [1.82, 2.24) is 0 Å². The highest BCUT2D eigenvalue weighted by molar-refractivity contribution is 6.31. The Morgan fingerprint density at radius 2 is 1.84 bits per heavy atom. The summed E-state index contributed by atoms with van der Waals surface area (Å²) in [5, 5.41) is 12.0. The molecule has 0 bridgehead atoms. The fraction of sp³-hybridized carbons (Fsp3) is 0.429. The molecule has 5 heteroatoms. The summed E-state index contributed by atoms with van der Waals surface area (Å²) in [5.41, 5.74) is 0.520. The highest BCUT2D eigenvalue weighted by atomic mass is 35.5. The van der Waals surface area contributed by atoms with E-state index in [-0.39, 0.29) is 17.4 Å². The molecule has 1 aromatic rings. The van der Waals surface area contributed by atoms with Gasteiger partial charge in [-0.25, -0.2) is 4.79 Å². The Morgan fingerprint density at radius 1 is 1.16 bits per heavy atom. The van der Waals surface area contributed by atoms with E-state index in [2.05, 4.69) is 5.32 Å². The van der Waals surface area contributed by atoms with Crippen LogP contribution in [0.15, 0.2) is 18.2 Å². The summed E-state index contributed by atoms with van der Waals surface area (Å²) in [6, 6.07) is 4.35. The van der Waals surface area contributed by atoms with Gasteiger partial charge in [0, 0.05) is 16.6 Å². The van der Waals surface area contributed by atoms with Crippen LogP contribution in [0.1, 0.15) is 42.5 Å². The summed E-state index contributed by atoms with van der Waals surface area (Å²) >= 11 is 5.85. The molecule has 1 saturated carbocycles. The lowest BCUT2D eigenvalue weighted by Gasteiger charge is -2.20. The van der Waals surface area contributed by atoms with Gasteiger partial charge in [0.25, 0.3) is 0 Å². The zero-order valence-electron chi connectivity index (χ0n) is 10.5. The van der Waals surface area contributed by atoms with Crippen LogP contribution in [0, 0.1) is 5.92 Å². The molecule has 0 unspecified atom stereocenters. The number of aromatic carboxylic acids is 1. The molecule has 4 nitrogen and oxygen atoms in total. The predicted octanol–water partition coefficient (Wildman–Crippen LogP) is 3.56. The van der Waals surface area contributed by atoms with Crippen molar-refractivity contribution in [2.45, 2.75) is 32.1 Å². The van der Waals surface area contributed by atoms with Gasteiger partial charge >= 0.3 is 5.97 Å². The van der Waals surface area contributed by atoms with Gasteiger partial charge in [0.05, 0.1) is 5.56 Å². The molecule has 2 rings (SSSR count). The molecule has 0 spiro atoms. The Labute approximate surface area is 116 Å². The van der Waals surface area contributed by atoms with Gasteiger partial charge in [-0.2, -0.15) is 0 Å². The van der Waals surface area contributed by atoms with Crippen molar-refractivity contribution >= 4 is 29.2 Å². The van der Waals surface area contributed by atoms with Crippen molar-refractivity contribution in [3.8, 4) is 0 Å². The SMILES string of the molecule is O=C(O)c1cc(Cl)cc(NC(=O)C2CCCCC2)c1. The molecule has 102 valence electrons. The standard InChI is InChI=1S/C14H16ClNO3/c15-11-6-10(14(18)19)7-12(8-11)16-13(17)9-4-2-1-3-5-9/h6-9H,1-5H2,(H,16,17)(H,18,19). The smallest absolute Gasteiger partial charge is 0.335 e. The number of benzene rings is 1. The van der Waals surface area contributed by atoms with Gasteiger partial charge in [0.15, 0.2) is 0 Å². The number of hydrogen-bond donors (Lipinski definition) is 2. The molecule has 1 aromatic carbocycles. The predicted molar refractivity (Wildman–Crippen MR) is 73.6 cm³/mol. The molecule has 1 aliphatic rings. The maximum Gasteiger partial charge on any atom is 0.335 e. The van der Waals surface area contributed by atoms with Crippen molar-refractivity contribution in [2.24, 2.45) is 5.92 Å². The molecule has 0 heterocycles. The number of nitrogens with one attached hydrogen (secondary N) is 1. The first-order valence-electron chi connectivity index (χ1n) is 6.41. The Hall–Kier alpha value is -1.55. The lowest BCUT2D eigenvalue weighted by atomic mass is 9.88. The molecule has 0 aliphatic heterocycles. The quantitative estimate of drug-likeness (QED) is 0.890. The van der Waals surface area contributed by atoms with Crippen LogP contribution >= 0.6 is 11.6 Å². The van der Waals surface area contributed by atoms with E-state index in [4.69, 9.17) is 16.7 Å². The van der Waals surface area contributed by atoms with Crippen LogP contribution in [-0.4, -0.2) is 17.0 Å². The zero-order valence-corrected chi connectivity index (χ0v) is 11.2. The van der Waals surface area contributed by atoms with Crippen LogP contribution in [0.3, 0.4) is 0 Å². The molecule has 2 N–H and O–H groups in total. The van der Waals surface area contributed by atoms with Gasteiger partial charge < -0.3 is 10.4 Å². The van der Waals surface area contributed by atoms with Crippen LogP contribution in [0.5, 0.6) is 0 Å². The van der Waals surface area contributed by atoms with E-state index >= 15 is 0 Å². The van der Waals surface area contributed by atoms with Crippen LogP contribution in [-0.2, 0) is 4.79 Å². The van der Waals surface area contributed by atoms with Crippen molar-refractivity contribution in [2.75, 3.05) is 5.32 Å². The third-order valence-corrected chi connectivity index (χ3v) is 3.61. The minimum absolute atomic E-state index is 0.0287. The van der Waals surface area contributed by atoms with Crippen LogP contribution in [0.4, 0.5) is 5.69 Å². The van der Waals surface area contributed by atoms with E-state index in [1.165, 1.54) is 18.6 Å². The molecular weight excluding hydrogens is 266 g/mol. The minimum atomic E-state index is -1.06. The van der Waals surface area contributed by atoms with E-state index in [1.54, 1.807) is 6.07 Å². The third-order valence-electron chi connectivity index (χ3n) is 3.39. The molecule has 1 aliphatic carbocycles. The Bertz CT molecular complexity index is 495. The highest BCUT2D eigenvalue weighted by Gasteiger charge is 2.21. The van der Waals surface area contributed by atoms with Gasteiger partial charge in [0.2, 0.25) is 5.91 Å². The summed E-state index contributed by atoms with van der Waals surface area (Å²) in [5.74, 6) is -1.07. The fourth-order valence-corrected chi connectivity index (χ4v) is 2.63. The van der Waals surface area contributed by atoms with Crippen molar-refractivity contribution in [3.05, 3.63) is 28.8 Å². The first-order valence-corrected chi connectivity index (χ1v) is 6.79. The number of hydrogen-bond acceptors (Lipinski definition) is 2. The highest BCUT2D eigenvalue weighted by Crippen LogP contribution is 2.26. The van der Waals surface area contributed by atoms with Crippen LogP contribution < -0.4 is 5.32 Å². The summed E-state index contributed by atoms with van der Waals surface area (Å²) in [6.45, 7) is 0. The number of rotatable bonds is 3. The second kappa shape index (κ2) is 6.06. The third kappa shape index (κ3) is 3.70. The van der Waals surface area contributed by atoms with Crippen molar-refractivity contribution < 1.29 is 14.7 Å². The van der Waals surface area contributed by atoms with E-state index in [0.717, 1.165) is 25.7 Å². The van der Waals surface area contributed by atoms with Gasteiger partial charge in [-0.3, -0.25) is 4.79 Å². The van der Waals surface area contributed by atoms with Crippen LogP contribution in [0.2, 0.25) is 5.02 Å². The lowest BCUT2D eigenvalue weighted by molar-refractivity contribution is -0.120. The Kier molecular flexibility index (Phi) is 4.43. The average molecular weight is 282 g/mol. The zero-order chi connectivity index (χ0) is 13.8. The van der Waals surface area contributed by atoms with Crippen molar-refractivity contribution in [3.63, 3.8) is 0 Å². The summed E-state index contributed by atoms with van der Waals surface area (Å²) < 4.78 is 0. The van der Waals surface area contributed by atoms with E-state index < -0.39 is 5.97 Å². The number of carboxylic acid groups (broad SMARTS) is 1. The van der Waals surface area contributed by atoms with Gasteiger partial charge in [0.1, 0.15) is 0 Å². The summed E-state index contributed by atoms with van der Waals surface area (Å²) in [4.78, 5) is 23.0. The fourth-order valence-electron chi connectivity index (χ4n) is 2.39. The van der Waals surface area contributed by atoms with E-state index in [9.17, 15) is 9.59 Å². The average Bonchev–Trinajstić information content (AvgIpc) is 2.39. The molecule has 1 fully saturated rings. The number of carbonyl (C=O) groups is 2. The topological polar surface area (TPSA) is 66.4 Å². The largest absolute Gasteiger partial charge is 0.478 e. The van der Waals surface area contributed by atoms with Crippen molar-refractivity contribution in [1.29, 1.82) is 0 Å². The maximum absolute atomic E-state index is 12.1. The summed E-state index contributed by atoms with van der Waals surface area (Å²) in [6.07, 6.45) is 5.14. The van der Waals surface area contributed by atoms with Gasteiger partial charge in [-0.05, 0) is 31.0 Å². The van der Waals surface area contributed by atoms with E-state index in [0.29, 0.717) is 10.7 Å². The molecule has 0 saturated heterocycles. The molecule has 1 amide bonds. The molecule has 0 atom stereocenters. The molecule has 0 radical (unpaired) electrons. The number of carboxylic acids is 1. The second-order valence-corrected chi connectivity index (χ2v) is 5.29. The van der Waals surface area contributed by atoms with Gasteiger partial charge in [-0.15, -0.1) is 0 Å². The monoisotopic (exact) mass is 281 g/mol. The number of carbonyl (C=O) groups excluding carboxylic acids is 1. The van der Waals surface area contributed by atoms with E-state index in [1.807, 2.05) is 0 Å².